The fraction of sp³-hybridized carbons (Fsp3) is 0.682. The van der Waals surface area contributed by atoms with Crippen LogP contribution in [-0.2, 0) is 0 Å². The van der Waals surface area contributed by atoms with E-state index in [4.69, 9.17) is 0 Å². The van der Waals surface area contributed by atoms with Gasteiger partial charge in [-0.2, -0.15) is 0 Å². The Morgan fingerprint density at radius 3 is 2.87 bits per heavy atom. The summed E-state index contributed by atoms with van der Waals surface area (Å²) in [5.74, 6) is 8.89. The Bertz CT molecular complexity index is 482. The van der Waals surface area contributed by atoms with Crippen molar-refractivity contribution >= 4 is 5.71 Å². The molecule has 1 aliphatic rings. The van der Waals surface area contributed by atoms with Gasteiger partial charge in [0.25, 0.3) is 0 Å². The van der Waals surface area contributed by atoms with Crippen molar-refractivity contribution in [1.29, 1.82) is 0 Å². The van der Waals surface area contributed by atoms with Crippen molar-refractivity contribution < 1.29 is 0 Å². The first-order valence-corrected chi connectivity index (χ1v) is 9.26. The Kier molecular flexibility index (Phi) is 9.69. The Hall–Kier alpha value is -1.29. The molecule has 0 aromatic heterocycles. The third-order valence-corrected chi connectivity index (χ3v) is 4.52. The van der Waals surface area contributed by atoms with Gasteiger partial charge in [-0.25, -0.2) is 0 Å². The summed E-state index contributed by atoms with van der Waals surface area (Å²) in [7, 11) is 1.92. The molecule has 1 nitrogen and oxygen atoms in total. The van der Waals surface area contributed by atoms with Crippen molar-refractivity contribution in [1.82, 2.24) is 0 Å². The molecule has 0 aromatic carbocycles. The summed E-state index contributed by atoms with van der Waals surface area (Å²) in [6, 6.07) is 0. The lowest BCUT2D eigenvalue weighted by atomic mass is 9.89. The van der Waals surface area contributed by atoms with Crippen molar-refractivity contribution in [2.24, 2.45) is 22.7 Å². The number of nitrogens with zero attached hydrogens (tertiary/aromatic N) is 1. The zero-order chi connectivity index (χ0) is 17.1. The normalized spacial score (nSPS) is 25.3. The molecule has 2 atom stereocenters. The van der Waals surface area contributed by atoms with E-state index < -0.39 is 0 Å². The van der Waals surface area contributed by atoms with Crippen molar-refractivity contribution in [3.05, 3.63) is 23.8 Å². The van der Waals surface area contributed by atoms with Crippen LogP contribution in [0.2, 0.25) is 0 Å². The molecule has 0 saturated heterocycles. The van der Waals surface area contributed by atoms with Crippen LogP contribution in [0, 0.1) is 29.6 Å². The number of allylic oxidation sites excluding steroid dienone is 4. The second-order valence-electron chi connectivity index (χ2n) is 7.28. The van der Waals surface area contributed by atoms with E-state index in [0.717, 1.165) is 37.5 Å². The van der Waals surface area contributed by atoms with Gasteiger partial charge in [-0.3, -0.25) is 4.99 Å². The SMILES string of the molecule is C/C=C\CC/C(CC1C#CC[C@H](CC(C)C)CC/C(C)=C\1)=N/C. The van der Waals surface area contributed by atoms with Crippen LogP contribution in [0.5, 0.6) is 0 Å². The van der Waals surface area contributed by atoms with Crippen molar-refractivity contribution in [2.75, 3.05) is 7.05 Å². The Labute approximate surface area is 144 Å². The fourth-order valence-corrected chi connectivity index (χ4v) is 3.29. The highest BCUT2D eigenvalue weighted by Gasteiger charge is 2.13. The molecule has 1 heteroatoms. The molecule has 0 bridgehead atoms. The summed E-state index contributed by atoms with van der Waals surface area (Å²) in [5, 5.41) is 0. The Morgan fingerprint density at radius 2 is 2.22 bits per heavy atom. The van der Waals surface area contributed by atoms with E-state index >= 15 is 0 Å². The standard InChI is InChI=1S/C22H35N/c1-6-7-8-12-22(23-5)17-21-11-9-10-20(15-18(2)3)14-13-19(4)16-21/h6-7,16,18,20-21H,8,10,12-15,17H2,1-5H3/b7-6-,19-16-,23-22-/t20-,21?/m0/s1. The summed E-state index contributed by atoms with van der Waals surface area (Å²) in [6.07, 6.45) is 14.7. The molecule has 0 radical (unpaired) electrons. The van der Waals surface area contributed by atoms with E-state index in [1.165, 1.54) is 30.5 Å². The van der Waals surface area contributed by atoms with Crippen LogP contribution in [0.25, 0.3) is 0 Å². The minimum atomic E-state index is 0.345. The van der Waals surface area contributed by atoms with Crippen LogP contribution < -0.4 is 0 Å². The molecule has 1 rings (SSSR count). The number of aliphatic imine (C=N–C) groups is 1. The van der Waals surface area contributed by atoms with Crippen molar-refractivity contribution in [2.45, 2.75) is 72.6 Å². The lowest BCUT2D eigenvalue weighted by molar-refractivity contribution is 0.393. The molecule has 0 fully saturated rings. The van der Waals surface area contributed by atoms with Gasteiger partial charge in [0.15, 0.2) is 0 Å². The van der Waals surface area contributed by atoms with Crippen LogP contribution >= 0.6 is 0 Å². The van der Waals surface area contributed by atoms with Crippen LogP contribution in [0.3, 0.4) is 0 Å². The molecule has 0 aromatic rings. The number of hydrogen-bond acceptors (Lipinski definition) is 1. The summed E-state index contributed by atoms with van der Waals surface area (Å²) >= 11 is 0. The van der Waals surface area contributed by atoms with Gasteiger partial charge in [-0.05, 0) is 57.8 Å². The maximum absolute atomic E-state index is 4.50. The van der Waals surface area contributed by atoms with Gasteiger partial charge in [0, 0.05) is 31.5 Å². The molecule has 0 amide bonds. The molecule has 0 N–H and O–H groups in total. The quantitative estimate of drug-likeness (QED) is 0.301. The highest BCUT2D eigenvalue weighted by Crippen LogP contribution is 2.25. The Balaban J connectivity index is 2.71. The average Bonchev–Trinajstić information content (AvgIpc) is 2.57. The predicted molar refractivity (Wildman–Crippen MR) is 104 cm³/mol. The maximum atomic E-state index is 4.50. The molecule has 1 aliphatic carbocycles. The fourth-order valence-electron chi connectivity index (χ4n) is 3.29. The smallest absolute Gasteiger partial charge is 0.0437 e. The summed E-state index contributed by atoms with van der Waals surface area (Å²) in [6.45, 7) is 8.99. The molecule has 0 aliphatic heterocycles. The first-order chi connectivity index (χ1) is 11.0. The Morgan fingerprint density at radius 1 is 1.43 bits per heavy atom. The van der Waals surface area contributed by atoms with Crippen LogP contribution in [0.4, 0.5) is 0 Å². The molecule has 0 spiro atoms. The van der Waals surface area contributed by atoms with E-state index in [1.54, 1.807) is 0 Å². The van der Waals surface area contributed by atoms with Gasteiger partial charge in [0.05, 0.1) is 0 Å². The third-order valence-electron chi connectivity index (χ3n) is 4.52. The van der Waals surface area contributed by atoms with Crippen LogP contribution in [0.1, 0.15) is 72.6 Å². The number of rotatable bonds is 7. The molecule has 0 heterocycles. The highest BCUT2D eigenvalue weighted by atomic mass is 14.7. The van der Waals surface area contributed by atoms with Crippen molar-refractivity contribution in [3.63, 3.8) is 0 Å². The molecule has 0 saturated carbocycles. The van der Waals surface area contributed by atoms with Gasteiger partial charge in [-0.15, -0.1) is 5.92 Å². The van der Waals surface area contributed by atoms with E-state index in [9.17, 15) is 0 Å². The molecular formula is C22H35N. The largest absolute Gasteiger partial charge is 0.297 e. The topological polar surface area (TPSA) is 12.4 Å². The second-order valence-corrected chi connectivity index (χ2v) is 7.28. The van der Waals surface area contributed by atoms with E-state index in [1.807, 2.05) is 7.05 Å². The first-order valence-electron chi connectivity index (χ1n) is 9.26. The van der Waals surface area contributed by atoms with Gasteiger partial charge >= 0.3 is 0 Å². The summed E-state index contributed by atoms with van der Waals surface area (Å²) < 4.78 is 0. The van der Waals surface area contributed by atoms with E-state index in [0.29, 0.717) is 5.92 Å². The number of hydrogen-bond donors (Lipinski definition) is 0. The first kappa shape index (κ1) is 19.8. The summed E-state index contributed by atoms with van der Waals surface area (Å²) in [5.41, 5.74) is 2.80. The van der Waals surface area contributed by atoms with Gasteiger partial charge in [0.1, 0.15) is 0 Å². The van der Waals surface area contributed by atoms with Crippen LogP contribution in [0.15, 0.2) is 28.8 Å². The zero-order valence-electron chi connectivity index (χ0n) is 15.9. The molecule has 128 valence electrons. The van der Waals surface area contributed by atoms with Crippen LogP contribution in [-0.4, -0.2) is 12.8 Å². The molecule has 23 heavy (non-hydrogen) atoms. The minimum Gasteiger partial charge on any atom is -0.297 e. The molecular weight excluding hydrogens is 278 g/mol. The lowest BCUT2D eigenvalue weighted by Gasteiger charge is -2.16. The van der Waals surface area contributed by atoms with Gasteiger partial charge in [-0.1, -0.05) is 43.6 Å². The monoisotopic (exact) mass is 313 g/mol. The minimum absolute atomic E-state index is 0.345. The highest BCUT2D eigenvalue weighted by molar-refractivity contribution is 5.85. The lowest BCUT2D eigenvalue weighted by Crippen LogP contribution is -2.06. The van der Waals surface area contributed by atoms with E-state index in [-0.39, 0.29) is 0 Å². The zero-order valence-corrected chi connectivity index (χ0v) is 15.9. The van der Waals surface area contributed by atoms with Gasteiger partial charge in [0.2, 0.25) is 0 Å². The average molecular weight is 314 g/mol. The third kappa shape index (κ3) is 8.80. The van der Waals surface area contributed by atoms with Gasteiger partial charge < -0.3 is 0 Å². The van der Waals surface area contributed by atoms with E-state index in [2.05, 4.69) is 62.8 Å². The molecule has 1 unspecified atom stereocenters. The second kappa shape index (κ2) is 11.3. The maximum Gasteiger partial charge on any atom is 0.0437 e. The van der Waals surface area contributed by atoms with Crippen molar-refractivity contribution in [3.8, 4) is 11.8 Å². The summed E-state index contributed by atoms with van der Waals surface area (Å²) in [4.78, 5) is 4.50. The predicted octanol–water partition coefficient (Wildman–Crippen LogP) is 6.22.